The van der Waals surface area contributed by atoms with Crippen molar-refractivity contribution in [3.63, 3.8) is 0 Å². The smallest absolute Gasteiger partial charge is 0.289 e. The van der Waals surface area contributed by atoms with Crippen LogP contribution in [-0.2, 0) is 4.74 Å². The van der Waals surface area contributed by atoms with Crippen molar-refractivity contribution in [2.75, 3.05) is 33.3 Å². The van der Waals surface area contributed by atoms with E-state index in [1.165, 1.54) is 0 Å². The lowest BCUT2D eigenvalue weighted by Gasteiger charge is -2.47. The molecular weight excluding hydrogens is 244 g/mol. The van der Waals surface area contributed by atoms with Crippen LogP contribution in [0.1, 0.15) is 23.4 Å². The summed E-state index contributed by atoms with van der Waals surface area (Å²) < 4.78 is 10.5. The average Bonchev–Trinajstić information content (AvgIpc) is 2.91. The van der Waals surface area contributed by atoms with Gasteiger partial charge in [0.1, 0.15) is 0 Å². The van der Waals surface area contributed by atoms with Crippen molar-refractivity contribution in [2.45, 2.75) is 25.0 Å². The summed E-state index contributed by atoms with van der Waals surface area (Å²) in [5.74, 6) is 0.449. The summed E-state index contributed by atoms with van der Waals surface area (Å²) in [6, 6.07) is 3.98. The Labute approximate surface area is 113 Å². The van der Waals surface area contributed by atoms with Crippen LogP contribution in [0.4, 0.5) is 0 Å². The van der Waals surface area contributed by atoms with Gasteiger partial charge in [-0.05, 0) is 25.0 Å². The number of carbonyl (C=O) groups excluding carboxylic acids is 1. The Kier molecular flexibility index (Phi) is 3.57. The molecule has 5 nitrogen and oxygen atoms in total. The van der Waals surface area contributed by atoms with Gasteiger partial charge >= 0.3 is 0 Å². The molecule has 104 valence electrons. The summed E-state index contributed by atoms with van der Waals surface area (Å²) in [6.45, 7) is 3.78. The number of rotatable bonds is 3. The van der Waals surface area contributed by atoms with E-state index in [2.05, 4.69) is 4.90 Å². The summed E-state index contributed by atoms with van der Waals surface area (Å²) in [6.07, 6.45) is 4.15. The maximum absolute atomic E-state index is 12.0. The van der Waals surface area contributed by atoms with E-state index >= 15 is 0 Å². The van der Waals surface area contributed by atoms with Crippen molar-refractivity contribution in [3.05, 3.63) is 24.2 Å². The topological polar surface area (TPSA) is 45.9 Å². The Morgan fingerprint density at radius 1 is 1.37 bits per heavy atom. The second-order valence-electron chi connectivity index (χ2n) is 5.31. The minimum Gasteiger partial charge on any atom is -0.459 e. The minimum absolute atomic E-state index is 0.00743. The molecule has 0 unspecified atom stereocenters. The maximum Gasteiger partial charge on any atom is 0.289 e. The zero-order valence-electron chi connectivity index (χ0n) is 11.2. The summed E-state index contributed by atoms with van der Waals surface area (Å²) in [5.41, 5.74) is 0. The second-order valence-corrected chi connectivity index (χ2v) is 5.31. The molecule has 3 heterocycles. The third-order valence-corrected chi connectivity index (χ3v) is 4.21. The summed E-state index contributed by atoms with van der Waals surface area (Å²) in [7, 11) is 1.79. The largest absolute Gasteiger partial charge is 0.459 e. The lowest BCUT2D eigenvalue weighted by Crippen LogP contribution is -2.62. The van der Waals surface area contributed by atoms with Gasteiger partial charge in [-0.3, -0.25) is 9.69 Å². The normalized spacial score (nSPS) is 22.5. The number of nitrogens with zero attached hydrogens (tertiary/aromatic N) is 2. The Morgan fingerprint density at radius 2 is 2.11 bits per heavy atom. The number of furan rings is 1. The molecule has 2 saturated heterocycles. The van der Waals surface area contributed by atoms with Crippen molar-refractivity contribution in [2.24, 2.45) is 0 Å². The van der Waals surface area contributed by atoms with Crippen LogP contribution in [0.2, 0.25) is 0 Å². The summed E-state index contributed by atoms with van der Waals surface area (Å²) in [5, 5.41) is 0. The molecule has 1 aromatic heterocycles. The van der Waals surface area contributed by atoms with Gasteiger partial charge in [-0.15, -0.1) is 0 Å². The predicted octanol–water partition coefficient (Wildman–Crippen LogP) is 1.21. The Balaban J connectivity index is 1.47. The van der Waals surface area contributed by atoms with Gasteiger partial charge in [0.15, 0.2) is 5.76 Å². The van der Waals surface area contributed by atoms with Crippen molar-refractivity contribution in [1.82, 2.24) is 9.80 Å². The minimum atomic E-state index is 0.00743. The van der Waals surface area contributed by atoms with E-state index < -0.39 is 0 Å². The Morgan fingerprint density at radius 3 is 2.68 bits per heavy atom. The lowest BCUT2D eigenvalue weighted by atomic mass is 10.0. The highest BCUT2D eigenvalue weighted by molar-refractivity contribution is 5.92. The van der Waals surface area contributed by atoms with Gasteiger partial charge in [0.2, 0.25) is 0 Å². The number of likely N-dealkylation sites (tertiary alicyclic amines) is 2. The van der Waals surface area contributed by atoms with Gasteiger partial charge < -0.3 is 14.1 Å². The molecule has 1 amide bonds. The molecule has 2 aliphatic heterocycles. The molecule has 19 heavy (non-hydrogen) atoms. The van der Waals surface area contributed by atoms with E-state index in [0.29, 0.717) is 17.9 Å². The summed E-state index contributed by atoms with van der Waals surface area (Å²) in [4.78, 5) is 16.3. The van der Waals surface area contributed by atoms with E-state index in [-0.39, 0.29) is 5.91 Å². The molecular formula is C14H20N2O3. The van der Waals surface area contributed by atoms with E-state index in [4.69, 9.17) is 9.15 Å². The Bertz CT molecular complexity index is 418. The van der Waals surface area contributed by atoms with Gasteiger partial charge in [0, 0.05) is 39.3 Å². The van der Waals surface area contributed by atoms with E-state index in [9.17, 15) is 4.79 Å². The fourth-order valence-electron chi connectivity index (χ4n) is 2.88. The zero-order chi connectivity index (χ0) is 13.2. The van der Waals surface area contributed by atoms with Crippen molar-refractivity contribution >= 4 is 5.91 Å². The molecule has 0 N–H and O–H groups in total. The third-order valence-electron chi connectivity index (χ3n) is 4.21. The standard InChI is InChI=1S/C14H20N2O3/c1-18-12-4-6-15(7-5-12)11-9-16(10-11)14(17)13-3-2-8-19-13/h2-3,8,11-12H,4-7,9-10H2,1H3. The highest BCUT2D eigenvalue weighted by Crippen LogP contribution is 2.22. The number of hydrogen-bond acceptors (Lipinski definition) is 4. The van der Waals surface area contributed by atoms with Crippen LogP contribution in [0.3, 0.4) is 0 Å². The van der Waals surface area contributed by atoms with Gasteiger partial charge in [0.05, 0.1) is 12.4 Å². The summed E-state index contributed by atoms with van der Waals surface area (Å²) >= 11 is 0. The fourth-order valence-corrected chi connectivity index (χ4v) is 2.88. The number of carbonyl (C=O) groups is 1. The SMILES string of the molecule is COC1CCN(C2CN(C(=O)c3ccco3)C2)CC1. The molecule has 5 heteroatoms. The number of piperidine rings is 1. The average molecular weight is 264 g/mol. The van der Waals surface area contributed by atoms with Crippen LogP contribution in [-0.4, -0.2) is 61.1 Å². The molecule has 0 bridgehead atoms. The van der Waals surface area contributed by atoms with E-state index in [1.54, 1.807) is 25.5 Å². The van der Waals surface area contributed by atoms with Crippen molar-refractivity contribution in [3.8, 4) is 0 Å². The fraction of sp³-hybridized carbons (Fsp3) is 0.643. The highest BCUT2D eigenvalue weighted by Gasteiger charge is 2.37. The Hall–Kier alpha value is -1.33. The molecule has 0 spiro atoms. The van der Waals surface area contributed by atoms with Crippen LogP contribution < -0.4 is 0 Å². The van der Waals surface area contributed by atoms with Gasteiger partial charge in [-0.2, -0.15) is 0 Å². The molecule has 0 saturated carbocycles. The molecule has 2 aliphatic rings. The number of hydrogen-bond donors (Lipinski definition) is 0. The van der Waals surface area contributed by atoms with E-state index in [1.807, 2.05) is 4.90 Å². The van der Waals surface area contributed by atoms with Crippen LogP contribution in [0.25, 0.3) is 0 Å². The van der Waals surface area contributed by atoms with E-state index in [0.717, 1.165) is 39.0 Å². The molecule has 3 rings (SSSR count). The van der Waals surface area contributed by atoms with Crippen LogP contribution in [0.15, 0.2) is 22.8 Å². The zero-order valence-corrected chi connectivity index (χ0v) is 11.2. The quantitative estimate of drug-likeness (QED) is 0.823. The van der Waals surface area contributed by atoms with Crippen LogP contribution in [0, 0.1) is 0 Å². The molecule has 0 radical (unpaired) electrons. The van der Waals surface area contributed by atoms with Gasteiger partial charge in [-0.25, -0.2) is 0 Å². The van der Waals surface area contributed by atoms with Crippen molar-refractivity contribution < 1.29 is 13.9 Å². The monoisotopic (exact) mass is 264 g/mol. The van der Waals surface area contributed by atoms with Gasteiger partial charge in [0.25, 0.3) is 5.91 Å². The first-order chi connectivity index (χ1) is 9.28. The van der Waals surface area contributed by atoms with Crippen LogP contribution >= 0.6 is 0 Å². The number of amides is 1. The first kappa shape index (κ1) is 12.7. The second kappa shape index (κ2) is 5.35. The van der Waals surface area contributed by atoms with Crippen LogP contribution in [0.5, 0.6) is 0 Å². The molecule has 0 aromatic carbocycles. The van der Waals surface area contributed by atoms with Gasteiger partial charge in [-0.1, -0.05) is 0 Å². The highest BCUT2D eigenvalue weighted by atomic mass is 16.5. The lowest BCUT2D eigenvalue weighted by molar-refractivity contribution is -0.0128. The molecule has 1 aromatic rings. The first-order valence-electron chi connectivity index (χ1n) is 6.87. The van der Waals surface area contributed by atoms with Crippen molar-refractivity contribution in [1.29, 1.82) is 0 Å². The maximum atomic E-state index is 12.0. The molecule has 2 fully saturated rings. The molecule has 0 aliphatic carbocycles. The third kappa shape index (κ3) is 2.53. The number of methoxy groups -OCH3 is 1. The predicted molar refractivity (Wildman–Crippen MR) is 70.0 cm³/mol. The first-order valence-corrected chi connectivity index (χ1v) is 6.87. The molecule has 0 atom stereocenters. The number of ether oxygens (including phenoxy) is 1.